The molecule has 49 heavy (non-hydrogen) atoms. The van der Waals surface area contributed by atoms with E-state index in [9.17, 15) is 34.0 Å². The third-order valence-electron chi connectivity index (χ3n) is 11.0. The average molecular weight is 681 g/mol. The number of carbonyl (C=O) groups excluding carboxylic acids is 6. The lowest BCUT2D eigenvalue weighted by atomic mass is 9.99. The Balaban J connectivity index is 0.000000177. The van der Waals surface area contributed by atoms with Crippen molar-refractivity contribution in [1.82, 2.24) is 30.6 Å². The number of ketones is 2. The molecule has 0 aromatic heterocycles. The Morgan fingerprint density at radius 1 is 0.673 bits per heavy atom. The molecule has 1 aromatic carbocycles. The summed E-state index contributed by atoms with van der Waals surface area (Å²) in [6.45, 7) is 1.31. The number of Topliss-reactive ketones (excluding diaryl/α,β-unsaturated/α-hetero) is 2. The van der Waals surface area contributed by atoms with E-state index in [0.717, 1.165) is 62.0 Å². The van der Waals surface area contributed by atoms with Crippen LogP contribution in [0.3, 0.4) is 0 Å². The van der Waals surface area contributed by atoms with Crippen molar-refractivity contribution in [3.05, 3.63) is 35.9 Å². The number of nitrogens with zero attached hydrogens (tertiary/aromatic N) is 4. The van der Waals surface area contributed by atoms with Gasteiger partial charge in [-0.25, -0.2) is 14.7 Å². The number of hydroxylamine groups is 4. The van der Waals surface area contributed by atoms with E-state index in [1.165, 1.54) is 9.96 Å². The van der Waals surface area contributed by atoms with Gasteiger partial charge in [-0.3, -0.25) is 29.2 Å². The molecule has 7 rings (SSSR count). The predicted octanol–water partition coefficient (Wildman–Crippen LogP) is 2.78. The van der Waals surface area contributed by atoms with Gasteiger partial charge in [-0.1, -0.05) is 56.0 Å². The number of amides is 6. The third kappa shape index (κ3) is 7.90. The standard InChI is InChI=1S/C21H27N3O4.C14H21N3O4/c25-19(16-8-4-5-9-16)12-22-20(26)18-11-10-17-13-23(18)21(27)24(17)28-14-15-6-2-1-3-7-15;18-12(9-3-1-2-4-9)7-15-13(19)11-6-5-10-8-16(11)14(20)17(10)21/h1-3,6-7,16-18H,4-5,8-14H2,(H,22,26);9-11,21H,1-8H2,(H,15,19)/t17-,18+;10-,11+/m11/s1. The number of carbonyl (C=O) groups is 6. The van der Waals surface area contributed by atoms with Crippen molar-refractivity contribution < 1.29 is 38.8 Å². The Morgan fingerprint density at radius 3 is 1.71 bits per heavy atom. The summed E-state index contributed by atoms with van der Waals surface area (Å²) in [5.74, 6) is -0.147. The number of fused-ring (bicyclic) bond motifs is 4. The zero-order valence-corrected chi connectivity index (χ0v) is 28.0. The van der Waals surface area contributed by atoms with Crippen LogP contribution < -0.4 is 10.6 Å². The van der Waals surface area contributed by atoms with E-state index in [1.807, 2.05) is 30.3 Å². The van der Waals surface area contributed by atoms with Gasteiger partial charge in [0.25, 0.3) is 0 Å². The smallest absolute Gasteiger partial charge is 0.345 e. The molecular weight excluding hydrogens is 632 g/mol. The molecule has 6 aliphatic rings. The maximum absolute atomic E-state index is 12.8. The van der Waals surface area contributed by atoms with Gasteiger partial charge in [-0.2, -0.15) is 5.06 Å². The number of hydrogen-bond acceptors (Lipinski definition) is 8. The van der Waals surface area contributed by atoms with E-state index >= 15 is 0 Å². The minimum atomic E-state index is -0.567. The number of hydrogen-bond donors (Lipinski definition) is 3. The summed E-state index contributed by atoms with van der Waals surface area (Å²) >= 11 is 0. The van der Waals surface area contributed by atoms with Gasteiger partial charge in [-0.15, -0.1) is 0 Å². The van der Waals surface area contributed by atoms with Crippen molar-refractivity contribution >= 4 is 35.4 Å². The number of piperidine rings is 2. The van der Waals surface area contributed by atoms with E-state index in [2.05, 4.69) is 10.6 Å². The fourth-order valence-corrected chi connectivity index (χ4v) is 8.08. The summed E-state index contributed by atoms with van der Waals surface area (Å²) < 4.78 is 0. The van der Waals surface area contributed by atoms with Crippen LogP contribution >= 0.6 is 0 Å². The Hall–Kier alpha value is -4.04. The number of rotatable bonds is 11. The van der Waals surface area contributed by atoms with Gasteiger partial charge in [0.1, 0.15) is 18.7 Å². The lowest BCUT2D eigenvalue weighted by Crippen LogP contribution is -2.50. The summed E-state index contributed by atoms with van der Waals surface area (Å²) in [6.07, 6.45) is 10.5. The lowest BCUT2D eigenvalue weighted by Gasteiger charge is -2.29. The van der Waals surface area contributed by atoms with Crippen LogP contribution in [-0.4, -0.2) is 111 Å². The van der Waals surface area contributed by atoms with Crippen LogP contribution in [0.5, 0.6) is 0 Å². The van der Waals surface area contributed by atoms with E-state index < -0.39 is 18.1 Å². The minimum absolute atomic E-state index is 0.0274. The highest BCUT2D eigenvalue weighted by molar-refractivity contribution is 5.93. The number of benzene rings is 1. The highest BCUT2D eigenvalue weighted by Crippen LogP contribution is 2.32. The number of urea groups is 2. The third-order valence-corrected chi connectivity index (χ3v) is 11.0. The van der Waals surface area contributed by atoms with Gasteiger partial charge >= 0.3 is 12.1 Å². The quantitative estimate of drug-likeness (QED) is 0.300. The summed E-state index contributed by atoms with van der Waals surface area (Å²) in [5, 5.41) is 17.2. The van der Waals surface area contributed by atoms with Gasteiger partial charge in [0.2, 0.25) is 11.8 Å². The highest BCUT2D eigenvalue weighted by Gasteiger charge is 2.48. The molecular formula is C35H48N6O8. The molecule has 4 bridgehead atoms. The zero-order chi connectivity index (χ0) is 34.5. The normalized spacial score (nSPS) is 26.6. The second-order valence-electron chi connectivity index (χ2n) is 14.1. The monoisotopic (exact) mass is 680 g/mol. The Labute approximate surface area is 286 Å². The van der Waals surface area contributed by atoms with E-state index in [4.69, 9.17) is 4.84 Å². The van der Waals surface area contributed by atoms with Crippen molar-refractivity contribution in [1.29, 1.82) is 0 Å². The first kappa shape index (κ1) is 34.8. The molecule has 4 aliphatic heterocycles. The average Bonchev–Trinajstić information content (AvgIpc) is 3.94. The highest BCUT2D eigenvalue weighted by atomic mass is 16.7. The fourth-order valence-electron chi connectivity index (χ4n) is 8.08. The minimum Gasteiger partial charge on any atom is -0.347 e. The lowest BCUT2D eigenvalue weighted by molar-refractivity contribution is -0.140. The molecule has 6 fully saturated rings. The van der Waals surface area contributed by atoms with Crippen molar-refractivity contribution in [2.75, 3.05) is 26.2 Å². The molecule has 2 aliphatic carbocycles. The topological polar surface area (TPSA) is 169 Å². The Bertz CT molecular complexity index is 1400. The van der Waals surface area contributed by atoms with Crippen LogP contribution in [0.15, 0.2) is 30.3 Å². The van der Waals surface area contributed by atoms with Crippen LogP contribution in [-0.2, 0) is 30.6 Å². The van der Waals surface area contributed by atoms with E-state index in [0.29, 0.717) is 45.4 Å². The molecule has 14 heteroatoms. The maximum Gasteiger partial charge on any atom is 0.345 e. The fraction of sp³-hybridized carbons (Fsp3) is 0.657. The van der Waals surface area contributed by atoms with E-state index in [-0.39, 0.29) is 66.4 Å². The van der Waals surface area contributed by atoms with Crippen molar-refractivity contribution in [2.24, 2.45) is 11.8 Å². The van der Waals surface area contributed by atoms with E-state index in [1.54, 1.807) is 4.90 Å². The summed E-state index contributed by atoms with van der Waals surface area (Å²) in [7, 11) is 0. The second-order valence-corrected chi connectivity index (χ2v) is 14.1. The molecule has 6 amide bonds. The molecule has 266 valence electrons. The second kappa shape index (κ2) is 15.7. The van der Waals surface area contributed by atoms with Crippen LogP contribution in [0.4, 0.5) is 9.59 Å². The molecule has 4 heterocycles. The molecule has 3 N–H and O–H groups in total. The van der Waals surface area contributed by atoms with Gasteiger partial charge in [0, 0.05) is 24.9 Å². The first-order valence-corrected chi connectivity index (χ1v) is 17.9. The van der Waals surface area contributed by atoms with Crippen LogP contribution in [0.1, 0.15) is 82.6 Å². The maximum atomic E-state index is 12.8. The predicted molar refractivity (Wildman–Crippen MR) is 174 cm³/mol. The van der Waals surface area contributed by atoms with Crippen molar-refractivity contribution in [3.8, 4) is 0 Å². The molecule has 4 atom stereocenters. The largest absolute Gasteiger partial charge is 0.347 e. The van der Waals surface area contributed by atoms with Gasteiger partial charge < -0.3 is 20.4 Å². The molecule has 0 unspecified atom stereocenters. The summed E-state index contributed by atoms with van der Waals surface area (Å²) in [6, 6.07) is 7.59. The first-order valence-electron chi connectivity index (χ1n) is 17.9. The van der Waals surface area contributed by atoms with Crippen molar-refractivity contribution in [2.45, 2.75) is 108 Å². The molecule has 4 saturated heterocycles. The van der Waals surface area contributed by atoms with Crippen molar-refractivity contribution in [3.63, 3.8) is 0 Å². The molecule has 0 radical (unpaired) electrons. The van der Waals surface area contributed by atoms with Crippen LogP contribution in [0, 0.1) is 11.8 Å². The Kier molecular flexibility index (Phi) is 11.1. The van der Waals surface area contributed by atoms with Gasteiger partial charge in [0.15, 0.2) is 11.6 Å². The Morgan fingerprint density at radius 2 is 1.16 bits per heavy atom. The molecule has 1 aromatic rings. The zero-order valence-electron chi connectivity index (χ0n) is 28.0. The molecule has 0 spiro atoms. The number of nitrogens with one attached hydrogen (secondary N) is 2. The SMILES string of the molecule is O=C(CNC(=O)[C@@H]1CC[C@@H]2CN1C(=O)N2O)C1CCCC1.O=C(CNC(=O)[C@@H]1CC[C@@H]2CN1C(=O)N2OCc1ccccc1)C1CCCC1. The van der Waals surface area contributed by atoms with Gasteiger partial charge in [-0.05, 0) is 56.9 Å². The molecule has 14 nitrogen and oxygen atoms in total. The summed E-state index contributed by atoms with van der Waals surface area (Å²) in [5.41, 5.74) is 0.992. The van der Waals surface area contributed by atoms with Crippen LogP contribution in [0.2, 0.25) is 0 Å². The molecule has 2 saturated carbocycles. The van der Waals surface area contributed by atoms with Gasteiger partial charge in [0.05, 0.1) is 25.2 Å². The first-order chi connectivity index (χ1) is 23.7. The summed E-state index contributed by atoms with van der Waals surface area (Å²) in [4.78, 5) is 82.3. The van der Waals surface area contributed by atoms with Crippen LogP contribution in [0.25, 0.3) is 0 Å².